The summed E-state index contributed by atoms with van der Waals surface area (Å²) in [6.07, 6.45) is 1.52. The lowest BCUT2D eigenvalue weighted by molar-refractivity contribution is -0.136. The molecule has 0 unspecified atom stereocenters. The van der Waals surface area contributed by atoms with Crippen molar-refractivity contribution in [3.63, 3.8) is 0 Å². The maximum absolute atomic E-state index is 12.2. The molecule has 0 aliphatic heterocycles. The van der Waals surface area contributed by atoms with Gasteiger partial charge in [0.25, 0.3) is 0 Å². The van der Waals surface area contributed by atoms with Gasteiger partial charge in [0.15, 0.2) is 0 Å². The summed E-state index contributed by atoms with van der Waals surface area (Å²) in [5, 5.41) is 6.81. The second kappa shape index (κ2) is 9.49. The first-order valence-electron chi connectivity index (χ1n) is 9.54. The van der Waals surface area contributed by atoms with Crippen LogP contribution in [-0.2, 0) is 9.59 Å². The molecule has 0 bridgehead atoms. The van der Waals surface area contributed by atoms with Gasteiger partial charge < -0.3 is 14.6 Å². The van der Waals surface area contributed by atoms with Crippen molar-refractivity contribution in [3.8, 4) is 11.4 Å². The number of para-hydroxylation sites is 1. The molecule has 0 saturated carbocycles. The van der Waals surface area contributed by atoms with E-state index >= 15 is 0 Å². The highest BCUT2D eigenvalue weighted by Crippen LogP contribution is 2.27. The van der Waals surface area contributed by atoms with Crippen LogP contribution in [0.3, 0.4) is 0 Å². The Kier molecular flexibility index (Phi) is 6.77. The molecule has 8 heteroatoms. The van der Waals surface area contributed by atoms with Crippen molar-refractivity contribution in [1.82, 2.24) is 9.99 Å². The van der Waals surface area contributed by atoms with E-state index in [4.69, 9.17) is 16.3 Å². The number of methoxy groups -OCH3 is 1. The molecule has 2 amide bonds. The standard InChI is InChI=1S/C23H23ClN4O3/c1-14-7-5-6-8-20(14)28-15(2)11-17(16(28)3)13-25-27-23(30)22(29)26-19-12-18(24)9-10-21(19)31-4/h5-13H,1-4H3,(H,26,29)(H,27,30)/b25-13-. The summed E-state index contributed by atoms with van der Waals surface area (Å²) in [4.78, 5) is 24.3. The number of carbonyl (C=O) groups is 2. The van der Waals surface area contributed by atoms with Gasteiger partial charge in [0.2, 0.25) is 0 Å². The van der Waals surface area contributed by atoms with Gasteiger partial charge in [0.05, 0.1) is 19.0 Å². The highest BCUT2D eigenvalue weighted by atomic mass is 35.5. The molecule has 1 heterocycles. The number of amides is 2. The quantitative estimate of drug-likeness (QED) is 0.356. The fourth-order valence-electron chi connectivity index (χ4n) is 3.27. The Hall–Kier alpha value is -3.58. The van der Waals surface area contributed by atoms with E-state index in [0.29, 0.717) is 16.5 Å². The number of benzene rings is 2. The molecule has 2 aromatic carbocycles. The molecule has 2 N–H and O–H groups in total. The first-order chi connectivity index (χ1) is 14.8. The second-order valence-electron chi connectivity index (χ2n) is 6.95. The predicted octanol–water partition coefficient (Wildman–Crippen LogP) is 4.15. The molecule has 0 atom stereocenters. The van der Waals surface area contributed by atoms with Crippen LogP contribution >= 0.6 is 11.6 Å². The Bertz CT molecular complexity index is 1170. The van der Waals surface area contributed by atoms with Crippen molar-refractivity contribution in [2.24, 2.45) is 5.10 Å². The zero-order valence-electron chi connectivity index (χ0n) is 17.7. The molecule has 1 aromatic heterocycles. The largest absolute Gasteiger partial charge is 0.495 e. The zero-order valence-corrected chi connectivity index (χ0v) is 18.4. The smallest absolute Gasteiger partial charge is 0.329 e. The Morgan fingerprint density at radius 3 is 2.52 bits per heavy atom. The number of nitrogens with zero attached hydrogens (tertiary/aromatic N) is 2. The molecule has 0 fully saturated rings. The molecular formula is C23H23ClN4O3. The highest BCUT2D eigenvalue weighted by molar-refractivity contribution is 6.40. The maximum atomic E-state index is 12.2. The van der Waals surface area contributed by atoms with Gasteiger partial charge in [-0.05, 0) is 56.7 Å². The summed E-state index contributed by atoms with van der Waals surface area (Å²) in [5.74, 6) is -1.41. The molecule has 0 aliphatic carbocycles. The topological polar surface area (TPSA) is 84.7 Å². The summed E-state index contributed by atoms with van der Waals surface area (Å²) >= 11 is 5.94. The molecular weight excluding hydrogens is 416 g/mol. The van der Waals surface area contributed by atoms with E-state index in [1.165, 1.54) is 19.4 Å². The van der Waals surface area contributed by atoms with E-state index in [1.807, 2.05) is 38.1 Å². The Morgan fingerprint density at radius 1 is 1.06 bits per heavy atom. The highest BCUT2D eigenvalue weighted by Gasteiger charge is 2.16. The van der Waals surface area contributed by atoms with Crippen LogP contribution in [-0.4, -0.2) is 29.7 Å². The monoisotopic (exact) mass is 438 g/mol. The van der Waals surface area contributed by atoms with E-state index in [1.54, 1.807) is 12.1 Å². The van der Waals surface area contributed by atoms with E-state index in [-0.39, 0.29) is 0 Å². The van der Waals surface area contributed by atoms with Crippen LogP contribution < -0.4 is 15.5 Å². The maximum Gasteiger partial charge on any atom is 0.329 e. The van der Waals surface area contributed by atoms with Crippen molar-refractivity contribution in [1.29, 1.82) is 0 Å². The Morgan fingerprint density at radius 2 is 1.81 bits per heavy atom. The minimum Gasteiger partial charge on any atom is -0.495 e. The summed E-state index contributed by atoms with van der Waals surface area (Å²) in [7, 11) is 1.46. The van der Waals surface area contributed by atoms with Crippen LogP contribution in [0.5, 0.6) is 5.75 Å². The van der Waals surface area contributed by atoms with Crippen LogP contribution in [0.15, 0.2) is 53.6 Å². The summed E-state index contributed by atoms with van der Waals surface area (Å²) in [6, 6.07) is 14.8. The Balaban J connectivity index is 1.70. The van der Waals surface area contributed by atoms with Gasteiger partial charge in [-0.2, -0.15) is 5.10 Å². The molecule has 0 spiro atoms. The number of halogens is 1. The number of anilines is 1. The van der Waals surface area contributed by atoms with Crippen LogP contribution in [0.25, 0.3) is 5.69 Å². The normalized spacial score (nSPS) is 10.9. The summed E-state index contributed by atoms with van der Waals surface area (Å²) < 4.78 is 7.28. The lowest BCUT2D eigenvalue weighted by atomic mass is 10.2. The summed E-state index contributed by atoms with van der Waals surface area (Å²) in [6.45, 7) is 6.03. The molecule has 7 nitrogen and oxygen atoms in total. The number of aromatic nitrogens is 1. The average Bonchev–Trinajstić information content (AvgIpc) is 3.01. The summed E-state index contributed by atoms with van der Waals surface area (Å²) in [5.41, 5.74) is 7.60. The van der Waals surface area contributed by atoms with Gasteiger partial charge in [0.1, 0.15) is 5.75 Å². The number of hydrogen-bond donors (Lipinski definition) is 2. The van der Waals surface area contributed by atoms with Crippen LogP contribution in [0.1, 0.15) is 22.5 Å². The van der Waals surface area contributed by atoms with Crippen LogP contribution in [0.4, 0.5) is 5.69 Å². The van der Waals surface area contributed by atoms with Gasteiger partial charge in [-0.3, -0.25) is 9.59 Å². The average molecular weight is 439 g/mol. The number of nitrogens with one attached hydrogen (secondary N) is 2. The van der Waals surface area contributed by atoms with Gasteiger partial charge in [-0.25, -0.2) is 5.43 Å². The minimum atomic E-state index is -0.911. The minimum absolute atomic E-state index is 0.293. The second-order valence-corrected chi connectivity index (χ2v) is 7.38. The van der Waals surface area contributed by atoms with Crippen LogP contribution in [0, 0.1) is 20.8 Å². The number of hydrogen-bond acceptors (Lipinski definition) is 4. The SMILES string of the molecule is COc1ccc(Cl)cc1NC(=O)C(=O)N/N=C\c1cc(C)n(-c2ccccc2C)c1C. The molecule has 160 valence electrons. The van der Waals surface area contributed by atoms with E-state index in [9.17, 15) is 9.59 Å². The molecule has 31 heavy (non-hydrogen) atoms. The molecule has 0 radical (unpaired) electrons. The van der Waals surface area contributed by atoms with Crippen molar-refractivity contribution < 1.29 is 14.3 Å². The first-order valence-corrected chi connectivity index (χ1v) is 9.92. The number of aryl methyl sites for hydroxylation is 2. The molecule has 0 saturated heterocycles. The lowest BCUT2D eigenvalue weighted by Crippen LogP contribution is -2.32. The van der Waals surface area contributed by atoms with Gasteiger partial charge in [0, 0.05) is 27.7 Å². The number of carbonyl (C=O) groups excluding carboxylic acids is 2. The fraction of sp³-hybridized carbons (Fsp3) is 0.174. The number of rotatable bonds is 5. The predicted molar refractivity (Wildman–Crippen MR) is 122 cm³/mol. The first kappa shape index (κ1) is 22.1. The van der Waals surface area contributed by atoms with Crippen LogP contribution in [0.2, 0.25) is 5.02 Å². The fourth-order valence-corrected chi connectivity index (χ4v) is 3.44. The third kappa shape index (κ3) is 4.95. The Labute approximate surface area is 185 Å². The number of hydrazone groups is 1. The van der Waals surface area contributed by atoms with Crippen molar-refractivity contribution in [2.45, 2.75) is 20.8 Å². The third-order valence-electron chi connectivity index (χ3n) is 4.81. The molecule has 3 aromatic rings. The van der Waals surface area contributed by atoms with Gasteiger partial charge in [-0.1, -0.05) is 29.8 Å². The van der Waals surface area contributed by atoms with Gasteiger partial charge in [-0.15, -0.1) is 0 Å². The van der Waals surface area contributed by atoms with E-state index in [2.05, 4.69) is 33.4 Å². The third-order valence-corrected chi connectivity index (χ3v) is 5.05. The van der Waals surface area contributed by atoms with Crippen molar-refractivity contribution in [2.75, 3.05) is 12.4 Å². The van der Waals surface area contributed by atoms with E-state index in [0.717, 1.165) is 28.2 Å². The molecule has 3 rings (SSSR count). The lowest BCUT2D eigenvalue weighted by Gasteiger charge is -2.12. The van der Waals surface area contributed by atoms with E-state index < -0.39 is 11.8 Å². The van der Waals surface area contributed by atoms with Crippen molar-refractivity contribution in [3.05, 3.63) is 76.1 Å². The molecule has 0 aliphatic rings. The zero-order chi connectivity index (χ0) is 22.5. The number of ether oxygens (including phenoxy) is 1. The van der Waals surface area contributed by atoms with Gasteiger partial charge >= 0.3 is 11.8 Å². The van der Waals surface area contributed by atoms with Crippen molar-refractivity contribution >= 4 is 35.3 Å².